The second-order valence-electron chi connectivity index (χ2n) is 6.71. The Bertz CT molecular complexity index is 1140. The Morgan fingerprint density at radius 1 is 0.618 bits per heavy atom. The van der Waals surface area contributed by atoms with Crippen LogP contribution in [0.25, 0.3) is 0 Å². The monoisotopic (exact) mass is 464 g/mol. The summed E-state index contributed by atoms with van der Waals surface area (Å²) in [5.41, 5.74) is 12.0. The lowest BCUT2D eigenvalue weighted by Crippen LogP contribution is -2.17. The Balaban J connectivity index is 0.00000199. The van der Waals surface area contributed by atoms with Gasteiger partial charge in [0.05, 0.1) is 22.5 Å². The highest BCUT2D eigenvalue weighted by Gasteiger charge is 2.16. The molecule has 0 saturated carbocycles. The van der Waals surface area contributed by atoms with Gasteiger partial charge in [0.25, 0.3) is 11.8 Å². The van der Waals surface area contributed by atoms with E-state index in [-0.39, 0.29) is 45.0 Å². The van der Waals surface area contributed by atoms with Gasteiger partial charge < -0.3 is 32.3 Å². The first kappa shape index (κ1) is 25.4. The molecule has 3 aromatic carbocycles. The van der Waals surface area contributed by atoms with Crippen molar-refractivity contribution >= 4 is 46.5 Å². The molecule has 0 bridgehead atoms. The summed E-state index contributed by atoms with van der Waals surface area (Å²) >= 11 is 0. The maximum absolute atomic E-state index is 12.5. The fourth-order valence-electron chi connectivity index (χ4n) is 2.87. The molecule has 8 N–H and O–H groups in total. The number of benzene rings is 3. The summed E-state index contributed by atoms with van der Waals surface area (Å²) in [5.74, 6) is -3.66. The minimum Gasteiger partial charge on any atom is -0.478 e. The Hall–Kier alpha value is -4.86. The molecule has 10 nitrogen and oxygen atoms in total. The van der Waals surface area contributed by atoms with Crippen LogP contribution in [0, 0.1) is 0 Å². The molecule has 176 valence electrons. The number of carbonyl (C=O) groups excluding carboxylic acids is 2. The zero-order chi connectivity index (χ0) is 25.4. The first-order valence-electron chi connectivity index (χ1n) is 10.1. The summed E-state index contributed by atoms with van der Waals surface area (Å²) < 4.78 is 0. The van der Waals surface area contributed by atoms with Crippen LogP contribution < -0.4 is 22.1 Å². The summed E-state index contributed by atoms with van der Waals surface area (Å²) in [7, 11) is 0. The third kappa shape index (κ3) is 6.10. The number of hydrogen-bond acceptors (Lipinski definition) is 6. The van der Waals surface area contributed by atoms with Crippen LogP contribution in [0.1, 0.15) is 55.3 Å². The van der Waals surface area contributed by atoms with Crippen LogP contribution in [0.5, 0.6) is 0 Å². The van der Waals surface area contributed by atoms with E-state index in [0.29, 0.717) is 0 Å². The smallest absolute Gasteiger partial charge is 0.337 e. The highest BCUT2D eigenvalue weighted by Crippen LogP contribution is 2.22. The average Bonchev–Trinajstić information content (AvgIpc) is 2.80. The predicted molar refractivity (Wildman–Crippen MR) is 129 cm³/mol. The van der Waals surface area contributed by atoms with Crippen LogP contribution in [0.2, 0.25) is 0 Å². The van der Waals surface area contributed by atoms with Crippen LogP contribution in [-0.4, -0.2) is 34.0 Å². The zero-order valence-electron chi connectivity index (χ0n) is 18.5. The number of hydrogen-bond donors (Lipinski definition) is 6. The van der Waals surface area contributed by atoms with Crippen molar-refractivity contribution in [2.75, 3.05) is 22.1 Å². The quantitative estimate of drug-likeness (QED) is 0.297. The molecule has 3 aromatic rings. The van der Waals surface area contributed by atoms with E-state index in [2.05, 4.69) is 10.6 Å². The van der Waals surface area contributed by atoms with Crippen LogP contribution in [0.15, 0.2) is 60.7 Å². The molecule has 0 aromatic heterocycles. The van der Waals surface area contributed by atoms with Crippen LogP contribution >= 0.6 is 0 Å². The van der Waals surface area contributed by atoms with E-state index >= 15 is 0 Å². The first-order chi connectivity index (χ1) is 16.2. The van der Waals surface area contributed by atoms with E-state index in [0.717, 1.165) is 0 Å². The van der Waals surface area contributed by atoms with Gasteiger partial charge in [0.1, 0.15) is 0 Å². The summed E-state index contributed by atoms with van der Waals surface area (Å²) in [6, 6.07) is 13.5. The Kier molecular flexibility index (Phi) is 8.32. The third-order valence-corrected chi connectivity index (χ3v) is 4.45. The number of carbonyl (C=O) groups is 4. The van der Waals surface area contributed by atoms with Gasteiger partial charge in [-0.05, 0) is 60.7 Å². The molecule has 0 heterocycles. The lowest BCUT2D eigenvalue weighted by atomic mass is 10.1. The molecule has 0 radical (unpaired) electrons. The molecule has 0 spiro atoms. The van der Waals surface area contributed by atoms with Crippen molar-refractivity contribution in [3.8, 4) is 0 Å². The number of carboxylic acids is 2. The highest BCUT2D eigenvalue weighted by atomic mass is 16.4. The van der Waals surface area contributed by atoms with Crippen molar-refractivity contribution in [3.05, 3.63) is 82.9 Å². The SMILES string of the molecule is CC.Nc1ccc(C(=O)O)c(NC(=O)c2ccc(C(=O)Nc3cc(N)ccc3C(=O)O)cc2)c1. The van der Waals surface area contributed by atoms with Crippen LogP contribution in [-0.2, 0) is 0 Å². The molecule has 0 fully saturated rings. The summed E-state index contributed by atoms with van der Waals surface area (Å²) in [5, 5.41) is 23.5. The molecular weight excluding hydrogens is 440 g/mol. The Morgan fingerprint density at radius 2 is 0.941 bits per heavy atom. The van der Waals surface area contributed by atoms with E-state index in [9.17, 15) is 29.4 Å². The average molecular weight is 464 g/mol. The molecule has 0 aliphatic carbocycles. The molecule has 2 amide bonds. The van der Waals surface area contributed by atoms with Crippen LogP contribution in [0.3, 0.4) is 0 Å². The zero-order valence-corrected chi connectivity index (χ0v) is 18.5. The minimum atomic E-state index is -1.23. The summed E-state index contributed by atoms with van der Waals surface area (Å²) in [6.07, 6.45) is 0. The standard InChI is InChI=1S/C22H18N4O6.C2H6/c23-13-5-7-15(21(29)30)17(9-13)25-19(27)11-1-2-12(4-3-11)20(28)26-18-10-14(24)6-8-16(18)22(31)32;1-2/h1-10H,23-24H2,(H,25,27)(H,26,28)(H,29,30)(H,31,32);1-2H3. The van der Waals surface area contributed by atoms with Crippen molar-refractivity contribution < 1.29 is 29.4 Å². The molecule has 0 unspecified atom stereocenters. The van der Waals surface area contributed by atoms with Gasteiger partial charge in [-0.3, -0.25) is 9.59 Å². The van der Waals surface area contributed by atoms with Gasteiger partial charge in [-0.1, -0.05) is 13.8 Å². The maximum Gasteiger partial charge on any atom is 0.337 e. The van der Waals surface area contributed by atoms with Gasteiger partial charge in [-0.2, -0.15) is 0 Å². The van der Waals surface area contributed by atoms with Crippen molar-refractivity contribution in [2.24, 2.45) is 0 Å². The number of nitrogen functional groups attached to an aromatic ring is 2. The van der Waals surface area contributed by atoms with Crippen molar-refractivity contribution in [2.45, 2.75) is 13.8 Å². The second-order valence-corrected chi connectivity index (χ2v) is 6.71. The van der Waals surface area contributed by atoms with Crippen LogP contribution in [0.4, 0.5) is 22.7 Å². The van der Waals surface area contributed by atoms with Gasteiger partial charge in [0.15, 0.2) is 0 Å². The molecule has 0 aliphatic rings. The number of anilines is 4. The van der Waals surface area contributed by atoms with Crippen molar-refractivity contribution in [1.29, 1.82) is 0 Å². The number of rotatable bonds is 6. The summed E-state index contributed by atoms with van der Waals surface area (Å²) in [4.78, 5) is 47.7. The number of nitrogens with one attached hydrogen (secondary N) is 2. The van der Waals surface area contributed by atoms with E-state index in [1.807, 2.05) is 13.8 Å². The number of carboxylic acid groups (broad SMARTS) is 2. The number of aromatic carboxylic acids is 2. The van der Waals surface area contributed by atoms with E-state index in [4.69, 9.17) is 11.5 Å². The second kappa shape index (κ2) is 11.1. The highest BCUT2D eigenvalue weighted by molar-refractivity contribution is 6.10. The van der Waals surface area contributed by atoms with Gasteiger partial charge in [-0.15, -0.1) is 0 Å². The molecule has 10 heteroatoms. The number of nitrogens with two attached hydrogens (primary N) is 2. The van der Waals surface area contributed by atoms with Crippen molar-refractivity contribution in [1.82, 2.24) is 0 Å². The molecular formula is C24H24N4O6. The topological polar surface area (TPSA) is 185 Å². The van der Waals surface area contributed by atoms with Gasteiger partial charge >= 0.3 is 11.9 Å². The molecule has 34 heavy (non-hydrogen) atoms. The normalized spacial score (nSPS) is 9.82. The lowest BCUT2D eigenvalue weighted by Gasteiger charge is -2.11. The van der Waals surface area contributed by atoms with E-state index in [1.54, 1.807) is 0 Å². The van der Waals surface area contributed by atoms with Gasteiger partial charge in [-0.25, -0.2) is 9.59 Å². The first-order valence-corrected chi connectivity index (χ1v) is 10.1. The fourth-order valence-corrected chi connectivity index (χ4v) is 2.87. The lowest BCUT2D eigenvalue weighted by molar-refractivity contribution is 0.0687. The molecule has 0 saturated heterocycles. The molecule has 3 rings (SSSR count). The largest absolute Gasteiger partial charge is 0.478 e. The number of amides is 2. The molecule has 0 aliphatic heterocycles. The molecule has 0 atom stereocenters. The maximum atomic E-state index is 12.5. The van der Waals surface area contributed by atoms with E-state index < -0.39 is 23.8 Å². The Labute approximate surface area is 195 Å². The van der Waals surface area contributed by atoms with Crippen molar-refractivity contribution in [3.63, 3.8) is 0 Å². The minimum absolute atomic E-state index is 0.0344. The predicted octanol–water partition coefficient (Wildman–Crippen LogP) is 3.78. The fraction of sp³-hybridized carbons (Fsp3) is 0.0833. The summed E-state index contributed by atoms with van der Waals surface area (Å²) in [6.45, 7) is 4.00. The van der Waals surface area contributed by atoms with E-state index in [1.165, 1.54) is 60.7 Å². The third-order valence-electron chi connectivity index (χ3n) is 4.45. The van der Waals surface area contributed by atoms with Gasteiger partial charge in [0, 0.05) is 22.5 Å². The Morgan fingerprint density at radius 3 is 1.24 bits per heavy atom. The van der Waals surface area contributed by atoms with Gasteiger partial charge in [0.2, 0.25) is 0 Å².